The fraction of sp³-hybridized carbons (Fsp3) is 0.400. The van der Waals surface area contributed by atoms with E-state index in [1.165, 1.54) is 0 Å². The van der Waals surface area contributed by atoms with Crippen molar-refractivity contribution in [2.45, 2.75) is 26.7 Å². The minimum atomic E-state index is -0.516. The van der Waals surface area contributed by atoms with Crippen LogP contribution in [0.5, 0.6) is 0 Å². The maximum absolute atomic E-state index is 12.5. The summed E-state index contributed by atoms with van der Waals surface area (Å²) in [7, 11) is 0. The van der Waals surface area contributed by atoms with Crippen LogP contribution in [-0.4, -0.2) is 22.4 Å². The van der Waals surface area contributed by atoms with Crippen LogP contribution < -0.4 is 11.1 Å². The van der Waals surface area contributed by atoms with Gasteiger partial charge >= 0.3 is 0 Å². The predicted octanol–water partition coefficient (Wildman–Crippen LogP) is 3.18. The van der Waals surface area contributed by atoms with Crippen molar-refractivity contribution in [1.29, 1.82) is 0 Å². The van der Waals surface area contributed by atoms with Gasteiger partial charge < -0.3 is 11.1 Å². The van der Waals surface area contributed by atoms with Crippen LogP contribution in [0, 0.1) is 5.41 Å². The lowest BCUT2D eigenvalue weighted by Gasteiger charge is -2.28. The molecule has 0 saturated carbocycles. The van der Waals surface area contributed by atoms with Crippen molar-refractivity contribution >= 4 is 47.3 Å². The molecular weight excluding hydrogens is 323 g/mol. The lowest BCUT2D eigenvalue weighted by Crippen LogP contribution is -2.41. The summed E-state index contributed by atoms with van der Waals surface area (Å²) in [4.78, 5) is 20.9. The number of fused-ring (bicyclic) bond motifs is 1. The first-order valence-corrected chi connectivity index (χ1v) is 6.87. The number of carbonyl (C=O) groups is 1. The molecule has 3 N–H and O–H groups in total. The third-order valence-electron chi connectivity index (χ3n) is 4.02. The molecule has 5 nitrogen and oxygen atoms in total. The number of nitrogens with two attached hydrogens (primary N) is 1. The summed E-state index contributed by atoms with van der Waals surface area (Å²) < 4.78 is 0. The van der Waals surface area contributed by atoms with Crippen molar-refractivity contribution in [2.75, 3.05) is 11.9 Å². The third-order valence-corrected chi connectivity index (χ3v) is 4.02. The molecule has 2 aromatic rings. The fourth-order valence-electron chi connectivity index (χ4n) is 2.31. The zero-order chi connectivity index (χ0) is 14.6. The number of nitrogens with one attached hydrogen (secondary N) is 1. The van der Waals surface area contributed by atoms with Gasteiger partial charge in [0.25, 0.3) is 0 Å². The van der Waals surface area contributed by atoms with Crippen LogP contribution in [0.3, 0.4) is 0 Å². The molecule has 0 aliphatic carbocycles. The summed E-state index contributed by atoms with van der Waals surface area (Å²) in [6.45, 7) is 4.32. The minimum absolute atomic E-state index is 0. The first-order chi connectivity index (χ1) is 9.66. The highest BCUT2D eigenvalue weighted by molar-refractivity contribution is 6.02. The number of halogens is 2. The van der Waals surface area contributed by atoms with Gasteiger partial charge in [0.05, 0.1) is 16.6 Å². The van der Waals surface area contributed by atoms with Crippen LogP contribution in [0.2, 0.25) is 0 Å². The van der Waals surface area contributed by atoms with E-state index in [2.05, 4.69) is 15.3 Å². The maximum atomic E-state index is 12.5. The first-order valence-electron chi connectivity index (χ1n) is 6.87. The number of pyridine rings is 2. The molecule has 0 fully saturated rings. The summed E-state index contributed by atoms with van der Waals surface area (Å²) in [5.74, 6) is -0.0404. The van der Waals surface area contributed by atoms with Gasteiger partial charge in [-0.15, -0.1) is 24.8 Å². The highest BCUT2D eigenvalue weighted by Crippen LogP contribution is 2.28. The van der Waals surface area contributed by atoms with Crippen molar-refractivity contribution in [1.82, 2.24) is 9.97 Å². The van der Waals surface area contributed by atoms with Gasteiger partial charge in [0.2, 0.25) is 5.91 Å². The Morgan fingerprint density at radius 2 is 1.91 bits per heavy atom. The van der Waals surface area contributed by atoms with E-state index in [9.17, 15) is 4.79 Å². The second-order valence-electron chi connectivity index (χ2n) is 4.90. The molecule has 0 aromatic carbocycles. The Morgan fingerprint density at radius 3 is 2.50 bits per heavy atom. The highest BCUT2D eigenvalue weighted by Gasteiger charge is 2.33. The molecule has 1 amide bonds. The fourth-order valence-corrected chi connectivity index (χ4v) is 2.31. The normalized spacial score (nSPS) is 10.5. The number of aromatic nitrogens is 2. The molecule has 122 valence electrons. The molecular formula is C15H22Cl2N4O. The van der Waals surface area contributed by atoms with E-state index >= 15 is 0 Å². The number of anilines is 1. The Hall–Kier alpha value is -1.43. The van der Waals surface area contributed by atoms with Crippen molar-refractivity contribution in [3.63, 3.8) is 0 Å². The van der Waals surface area contributed by atoms with Crippen LogP contribution in [0.4, 0.5) is 5.69 Å². The summed E-state index contributed by atoms with van der Waals surface area (Å²) in [5, 5.41) is 3.81. The topological polar surface area (TPSA) is 80.9 Å². The number of hydrogen-bond donors (Lipinski definition) is 2. The first kappa shape index (κ1) is 20.6. The van der Waals surface area contributed by atoms with Crippen molar-refractivity contribution in [3.8, 4) is 0 Å². The molecule has 2 heterocycles. The third kappa shape index (κ3) is 3.85. The summed E-state index contributed by atoms with van der Waals surface area (Å²) in [6.07, 6.45) is 6.50. The van der Waals surface area contributed by atoms with Crippen LogP contribution in [0.1, 0.15) is 26.7 Å². The zero-order valence-electron chi connectivity index (χ0n) is 12.7. The van der Waals surface area contributed by atoms with Gasteiger partial charge in [0.15, 0.2) is 0 Å². The summed E-state index contributed by atoms with van der Waals surface area (Å²) in [6, 6.07) is 3.61. The highest BCUT2D eigenvalue weighted by atomic mass is 35.5. The molecule has 0 saturated heterocycles. The average molecular weight is 345 g/mol. The van der Waals surface area contributed by atoms with Crippen molar-refractivity contribution in [3.05, 3.63) is 30.7 Å². The molecule has 0 bridgehead atoms. The predicted molar refractivity (Wildman–Crippen MR) is 94.7 cm³/mol. The minimum Gasteiger partial charge on any atom is -0.329 e. The Morgan fingerprint density at radius 1 is 1.23 bits per heavy atom. The molecule has 0 atom stereocenters. The van der Waals surface area contributed by atoms with Crippen molar-refractivity contribution in [2.24, 2.45) is 11.1 Å². The molecule has 0 spiro atoms. The van der Waals surface area contributed by atoms with Crippen LogP contribution >= 0.6 is 24.8 Å². The standard InChI is InChI=1S/C15H20N4O.2ClH/c1-3-15(4-2,10-16)14(20)19-13-6-8-18-12-5-7-17-9-11(12)13;;/h5-9H,3-4,10,16H2,1-2H3,(H,18,19,20);2*1H. The Kier molecular flexibility index (Phi) is 8.30. The molecule has 22 heavy (non-hydrogen) atoms. The lowest BCUT2D eigenvalue weighted by molar-refractivity contribution is -0.125. The van der Waals surface area contributed by atoms with E-state index in [0.29, 0.717) is 19.4 Å². The van der Waals surface area contributed by atoms with Gasteiger partial charge in [-0.25, -0.2) is 0 Å². The SMILES string of the molecule is CCC(CC)(CN)C(=O)Nc1ccnc2ccncc12.Cl.Cl. The summed E-state index contributed by atoms with van der Waals surface area (Å²) >= 11 is 0. The Balaban J connectivity index is 0.00000220. The van der Waals surface area contributed by atoms with E-state index < -0.39 is 5.41 Å². The molecule has 2 rings (SSSR count). The average Bonchev–Trinajstić information content (AvgIpc) is 2.50. The van der Waals surface area contributed by atoms with E-state index in [1.807, 2.05) is 19.9 Å². The van der Waals surface area contributed by atoms with E-state index in [-0.39, 0.29) is 30.7 Å². The number of rotatable bonds is 5. The van der Waals surface area contributed by atoms with E-state index in [0.717, 1.165) is 16.6 Å². The summed E-state index contributed by atoms with van der Waals surface area (Å²) in [5.41, 5.74) is 6.83. The van der Waals surface area contributed by atoms with Crippen LogP contribution in [0.25, 0.3) is 10.9 Å². The van der Waals surface area contributed by atoms with Crippen molar-refractivity contribution < 1.29 is 4.79 Å². The molecule has 0 aliphatic rings. The van der Waals surface area contributed by atoms with Gasteiger partial charge in [0.1, 0.15) is 0 Å². The molecule has 0 radical (unpaired) electrons. The molecule has 0 aliphatic heterocycles. The van der Waals surface area contributed by atoms with E-state index in [4.69, 9.17) is 5.73 Å². The molecule has 7 heteroatoms. The zero-order valence-corrected chi connectivity index (χ0v) is 14.3. The lowest BCUT2D eigenvalue weighted by atomic mass is 9.81. The number of nitrogens with zero attached hydrogens (tertiary/aromatic N) is 2. The number of carbonyl (C=O) groups excluding carboxylic acids is 1. The Labute approximate surface area is 142 Å². The van der Waals surface area contributed by atoms with Gasteiger partial charge in [0, 0.05) is 30.5 Å². The molecule has 0 unspecified atom stereocenters. The van der Waals surface area contributed by atoms with Crippen LogP contribution in [-0.2, 0) is 4.79 Å². The largest absolute Gasteiger partial charge is 0.329 e. The smallest absolute Gasteiger partial charge is 0.231 e. The van der Waals surface area contributed by atoms with Crippen LogP contribution in [0.15, 0.2) is 30.7 Å². The van der Waals surface area contributed by atoms with Gasteiger partial charge in [-0.1, -0.05) is 13.8 Å². The second-order valence-corrected chi connectivity index (χ2v) is 4.90. The second kappa shape index (κ2) is 8.88. The van der Waals surface area contributed by atoms with E-state index in [1.54, 1.807) is 24.7 Å². The van der Waals surface area contributed by atoms with Gasteiger partial charge in [-0.2, -0.15) is 0 Å². The Bertz CT molecular complexity index is 604. The number of amides is 1. The maximum Gasteiger partial charge on any atom is 0.231 e. The quantitative estimate of drug-likeness (QED) is 0.872. The number of hydrogen-bond acceptors (Lipinski definition) is 4. The van der Waals surface area contributed by atoms with Gasteiger partial charge in [-0.05, 0) is 25.0 Å². The molecule has 2 aromatic heterocycles. The monoisotopic (exact) mass is 344 g/mol. The van der Waals surface area contributed by atoms with Gasteiger partial charge in [-0.3, -0.25) is 14.8 Å².